The summed E-state index contributed by atoms with van der Waals surface area (Å²) in [5.74, 6) is 0.841. The van der Waals surface area contributed by atoms with Gasteiger partial charge in [0.2, 0.25) is 0 Å². The zero-order valence-electron chi connectivity index (χ0n) is 12.5. The minimum Gasteiger partial charge on any atom is -0.486 e. The highest BCUT2D eigenvalue weighted by Crippen LogP contribution is 2.30. The fourth-order valence-electron chi connectivity index (χ4n) is 2.41. The van der Waals surface area contributed by atoms with Gasteiger partial charge in [0.05, 0.1) is 18.9 Å². The van der Waals surface area contributed by atoms with Crippen molar-refractivity contribution in [3.05, 3.63) is 24.0 Å². The van der Waals surface area contributed by atoms with Crippen LogP contribution in [0.2, 0.25) is 0 Å². The summed E-state index contributed by atoms with van der Waals surface area (Å²) in [6.07, 6.45) is 2.89. The highest BCUT2D eigenvalue weighted by atomic mass is 16.6. The van der Waals surface area contributed by atoms with E-state index in [1.165, 1.54) is 0 Å². The van der Waals surface area contributed by atoms with Gasteiger partial charge < -0.3 is 19.5 Å². The van der Waals surface area contributed by atoms with Gasteiger partial charge in [0, 0.05) is 25.8 Å². The molecule has 3 atom stereocenters. The summed E-state index contributed by atoms with van der Waals surface area (Å²) in [4.78, 5) is 4.24. The molecule has 1 fully saturated rings. The van der Waals surface area contributed by atoms with Gasteiger partial charge in [0.25, 0.3) is 0 Å². The smallest absolute Gasteiger partial charge is 0.141 e. The Morgan fingerprint density at radius 3 is 2.95 bits per heavy atom. The number of methoxy groups -OCH3 is 1. The third-order valence-electron chi connectivity index (χ3n) is 3.55. The topological polar surface area (TPSA) is 52.6 Å². The van der Waals surface area contributed by atoms with Crippen molar-refractivity contribution in [2.24, 2.45) is 0 Å². The summed E-state index contributed by atoms with van der Waals surface area (Å²) in [5.41, 5.74) is 0.912. The fraction of sp³-hybridized carbons (Fsp3) is 0.667. The first kappa shape index (κ1) is 15.2. The lowest BCUT2D eigenvalue weighted by Crippen LogP contribution is -2.61. The number of hydrogen-bond acceptors (Lipinski definition) is 5. The third-order valence-corrected chi connectivity index (χ3v) is 3.55. The third kappa shape index (κ3) is 3.69. The monoisotopic (exact) mass is 280 g/mol. The number of pyridine rings is 1. The number of nitrogens with one attached hydrogen (secondary N) is 1. The van der Waals surface area contributed by atoms with Crippen LogP contribution in [-0.2, 0) is 9.47 Å². The van der Waals surface area contributed by atoms with Crippen molar-refractivity contribution in [2.45, 2.75) is 38.5 Å². The van der Waals surface area contributed by atoms with Crippen molar-refractivity contribution in [1.82, 2.24) is 10.3 Å². The van der Waals surface area contributed by atoms with Crippen molar-refractivity contribution < 1.29 is 14.2 Å². The van der Waals surface area contributed by atoms with Crippen molar-refractivity contribution in [3.8, 4) is 5.75 Å². The number of hydrogen-bond donors (Lipinski definition) is 1. The van der Waals surface area contributed by atoms with Crippen LogP contribution in [0.5, 0.6) is 5.75 Å². The van der Waals surface area contributed by atoms with Crippen LogP contribution in [-0.4, -0.2) is 50.1 Å². The van der Waals surface area contributed by atoms with E-state index in [1.807, 2.05) is 19.1 Å². The first-order valence-electron chi connectivity index (χ1n) is 7.18. The van der Waals surface area contributed by atoms with E-state index in [0.717, 1.165) is 24.4 Å². The molecule has 0 aromatic carbocycles. The van der Waals surface area contributed by atoms with Gasteiger partial charge in [-0.2, -0.15) is 0 Å². The molecule has 1 aromatic rings. The van der Waals surface area contributed by atoms with E-state index < -0.39 is 0 Å². The fourth-order valence-corrected chi connectivity index (χ4v) is 2.41. The SMILES string of the molecule is CCNC1CC(Oc2cccnc2C)C1OCCOC. The molecule has 5 heteroatoms. The Balaban J connectivity index is 1.91. The maximum atomic E-state index is 6.03. The predicted octanol–water partition coefficient (Wildman–Crippen LogP) is 1.55. The van der Waals surface area contributed by atoms with Crippen LogP contribution in [0.3, 0.4) is 0 Å². The molecule has 5 nitrogen and oxygen atoms in total. The van der Waals surface area contributed by atoms with Crippen LogP contribution in [0.15, 0.2) is 18.3 Å². The molecule has 1 saturated carbocycles. The Kier molecular flexibility index (Phi) is 5.76. The summed E-state index contributed by atoms with van der Waals surface area (Å²) in [7, 11) is 1.68. The summed E-state index contributed by atoms with van der Waals surface area (Å²) in [6.45, 7) is 6.19. The van der Waals surface area contributed by atoms with Crippen LogP contribution in [0, 0.1) is 6.92 Å². The Bertz CT molecular complexity index is 414. The molecule has 1 aromatic heterocycles. The molecule has 2 rings (SSSR count). The zero-order chi connectivity index (χ0) is 14.4. The second-order valence-corrected chi connectivity index (χ2v) is 4.97. The van der Waals surface area contributed by atoms with E-state index in [1.54, 1.807) is 13.3 Å². The normalized spacial score (nSPS) is 25.2. The lowest BCUT2D eigenvalue weighted by Gasteiger charge is -2.44. The summed E-state index contributed by atoms with van der Waals surface area (Å²) in [6, 6.07) is 4.21. The largest absolute Gasteiger partial charge is 0.486 e. The van der Waals surface area contributed by atoms with E-state index in [4.69, 9.17) is 14.2 Å². The molecule has 0 saturated heterocycles. The Morgan fingerprint density at radius 1 is 1.40 bits per heavy atom. The maximum absolute atomic E-state index is 6.03. The van der Waals surface area contributed by atoms with E-state index in [0.29, 0.717) is 19.3 Å². The summed E-state index contributed by atoms with van der Waals surface area (Å²) in [5, 5.41) is 3.43. The Labute approximate surface area is 120 Å². The highest BCUT2D eigenvalue weighted by molar-refractivity contribution is 5.26. The van der Waals surface area contributed by atoms with Gasteiger partial charge in [-0.25, -0.2) is 0 Å². The van der Waals surface area contributed by atoms with Crippen LogP contribution in [0.4, 0.5) is 0 Å². The van der Waals surface area contributed by atoms with Crippen LogP contribution < -0.4 is 10.1 Å². The average molecular weight is 280 g/mol. The summed E-state index contributed by atoms with van der Waals surface area (Å²) >= 11 is 0. The first-order chi connectivity index (χ1) is 9.76. The van der Waals surface area contributed by atoms with Gasteiger partial charge in [0.1, 0.15) is 18.0 Å². The first-order valence-corrected chi connectivity index (χ1v) is 7.18. The molecule has 1 aliphatic rings. The maximum Gasteiger partial charge on any atom is 0.141 e. The quantitative estimate of drug-likeness (QED) is 0.732. The molecule has 20 heavy (non-hydrogen) atoms. The van der Waals surface area contributed by atoms with Crippen LogP contribution in [0.25, 0.3) is 0 Å². The van der Waals surface area contributed by atoms with Gasteiger partial charge in [-0.3, -0.25) is 4.98 Å². The molecule has 0 bridgehead atoms. The zero-order valence-corrected chi connectivity index (χ0v) is 12.5. The van der Waals surface area contributed by atoms with Crippen LogP contribution in [0.1, 0.15) is 19.0 Å². The Hall–Kier alpha value is -1.17. The van der Waals surface area contributed by atoms with E-state index in [2.05, 4.69) is 17.2 Å². The second kappa shape index (κ2) is 7.57. The van der Waals surface area contributed by atoms with E-state index in [-0.39, 0.29) is 12.2 Å². The molecule has 0 amide bonds. The lowest BCUT2D eigenvalue weighted by atomic mass is 9.85. The Morgan fingerprint density at radius 2 is 2.25 bits per heavy atom. The van der Waals surface area contributed by atoms with E-state index in [9.17, 15) is 0 Å². The van der Waals surface area contributed by atoms with Gasteiger partial charge in [-0.05, 0) is 25.6 Å². The molecule has 1 heterocycles. The molecule has 0 spiro atoms. The number of ether oxygens (including phenoxy) is 3. The molecule has 0 aliphatic heterocycles. The van der Waals surface area contributed by atoms with Gasteiger partial charge in [-0.1, -0.05) is 6.92 Å². The second-order valence-electron chi connectivity index (χ2n) is 4.97. The number of likely N-dealkylation sites (N-methyl/N-ethyl adjacent to an activating group) is 1. The molecular weight excluding hydrogens is 256 g/mol. The predicted molar refractivity (Wildman–Crippen MR) is 77.1 cm³/mol. The molecule has 3 unspecified atom stereocenters. The van der Waals surface area contributed by atoms with Gasteiger partial charge >= 0.3 is 0 Å². The van der Waals surface area contributed by atoms with E-state index >= 15 is 0 Å². The number of aryl methyl sites for hydroxylation is 1. The van der Waals surface area contributed by atoms with Crippen molar-refractivity contribution >= 4 is 0 Å². The number of rotatable bonds is 8. The van der Waals surface area contributed by atoms with Gasteiger partial charge in [-0.15, -0.1) is 0 Å². The average Bonchev–Trinajstić information content (AvgIpc) is 2.44. The minimum atomic E-state index is 0.0738. The standard InChI is InChI=1S/C15H24N2O3/c1-4-16-12-10-14(15(12)19-9-8-18-3)20-13-6-5-7-17-11(13)2/h5-7,12,14-16H,4,8-10H2,1-3H3. The highest BCUT2D eigenvalue weighted by Gasteiger charge is 2.43. The molecule has 1 aliphatic carbocycles. The number of aromatic nitrogens is 1. The molecule has 0 radical (unpaired) electrons. The molecular formula is C15H24N2O3. The minimum absolute atomic E-state index is 0.0738. The molecule has 112 valence electrons. The summed E-state index contributed by atoms with van der Waals surface area (Å²) < 4.78 is 16.9. The van der Waals surface area contributed by atoms with Crippen LogP contribution >= 0.6 is 0 Å². The molecule has 1 N–H and O–H groups in total. The van der Waals surface area contributed by atoms with Crippen molar-refractivity contribution in [3.63, 3.8) is 0 Å². The van der Waals surface area contributed by atoms with Crippen molar-refractivity contribution in [1.29, 1.82) is 0 Å². The lowest BCUT2D eigenvalue weighted by molar-refractivity contribution is -0.115. The number of nitrogens with zero attached hydrogens (tertiary/aromatic N) is 1. The van der Waals surface area contributed by atoms with Crippen molar-refractivity contribution in [2.75, 3.05) is 26.9 Å². The van der Waals surface area contributed by atoms with Gasteiger partial charge in [0.15, 0.2) is 0 Å².